The molecule has 0 aliphatic rings. The molecule has 2 rings (SSSR count). The molecule has 0 N–H and O–H groups in total. The van der Waals surface area contributed by atoms with Crippen LogP contribution in [-0.4, -0.2) is 15.8 Å². The van der Waals surface area contributed by atoms with Gasteiger partial charge < -0.3 is 0 Å². The van der Waals surface area contributed by atoms with Crippen molar-refractivity contribution in [3.05, 3.63) is 20.8 Å². The monoisotopic (exact) mass is 224 g/mol. The molecule has 0 saturated heterocycles. The number of ketones is 1. The van der Waals surface area contributed by atoms with Crippen molar-refractivity contribution < 1.29 is 4.79 Å². The third kappa shape index (κ3) is 1.73. The molecule has 0 bridgehead atoms. The molecule has 2 aromatic rings. The third-order valence-corrected chi connectivity index (χ3v) is 3.40. The summed E-state index contributed by atoms with van der Waals surface area (Å²) in [5.41, 5.74) is 1.65. The van der Waals surface area contributed by atoms with Crippen molar-refractivity contribution >= 4 is 28.5 Å². The summed E-state index contributed by atoms with van der Waals surface area (Å²) in [5.74, 6) is 0.00759. The van der Waals surface area contributed by atoms with Gasteiger partial charge in [-0.2, -0.15) is 0 Å². The zero-order chi connectivity index (χ0) is 10.1. The lowest BCUT2D eigenvalue weighted by molar-refractivity contribution is 0.101. The van der Waals surface area contributed by atoms with Crippen LogP contribution < -0.4 is 0 Å². The van der Waals surface area contributed by atoms with Gasteiger partial charge in [-0.1, -0.05) is 0 Å². The SMILES string of the molecule is CC(=O)c1nc(-c2csc(C)n2)cs1. The summed E-state index contributed by atoms with van der Waals surface area (Å²) in [7, 11) is 0. The van der Waals surface area contributed by atoms with E-state index in [0.29, 0.717) is 5.01 Å². The van der Waals surface area contributed by atoms with Gasteiger partial charge in [-0.05, 0) is 6.92 Å². The van der Waals surface area contributed by atoms with E-state index < -0.39 is 0 Å². The van der Waals surface area contributed by atoms with Crippen LogP contribution in [0.1, 0.15) is 21.7 Å². The molecule has 0 radical (unpaired) electrons. The van der Waals surface area contributed by atoms with Gasteiger partial charge in [-0.15, -0.1) is 22.7 Å². The normalized spacial score (nSPS) is 10.4. The number of carbonyl (C=O) groups excluding carboxylic acids is 1. The quantitative estimate of drug-likeness (QED) is 0.737. The lowest BCUT2D eigenvalue weighted by atomic mass is 10.4. The molecule has 5 heteroatoms. The Bertz CT molecular complexity index is 473. The van der Waals surface area contributed by atoms with Crippen LogP contribution in [0.5, 0.6) is 0 Å². The highest BCUT2D eigenvalue weighted by Crippen LogP contribution is 2.23. The first kappa shape index (κ1) is 9.48. The van der Waals surface area contributed by atoms with Gasteiger partial charge in [0.15, 0.2) is 10.8 Å². The van der Waals surface area contributed by atoms with E-state index in [-0.39, 0.29) is 5.78 Å². The van der Waals surface area contributed by atoms with E-state index in [0.717, 1.165) is 16.4 Å². The van der Waals surface area contributed by atoms with E-state index in [1.54, 1.807) is 11.3 Å². The second-order valence-electron chi connectivity index (χ2n) is 2.85. The predicted molar refractivity (Wildman–Crippen MR) is 58.0 cm³/mol. The van der Waals surface area contributed by atoms with Gasteiger partial charge in [-0.25, -0.2) is 9.97 Å². The fraction of sp³-hybridized carbons (Fsp3) is 0.222. The van der Waals surface area contributed by atoms with Crippen LogP contribution in [-0.2, 0) is 0 Å². The zero-order valence-electron chi connectivity index (χ0n) is 7.77. The summed E-state index contributed by atoms with van der Waals surface area (Å²) < 4.78 is 0. The van der Waals surface area contributed by atoms with E-state index in [2.05, 4.69) is 9.97 Å². The first-order valence-electron chi connectivity index (χ1n) is 4.06. The molecule has 72 valence electrons. The van der Waals surface area contributed by atoms with Crippen LogP contribution in [0.25, 0.3) is 11.4 Å². The molecule has 0 amide bonds. The van der Waals surface area contributed by atoms with Crippen molar-refractivity contribution in [2.24, 2.45) is 0 Å². The lowest BCUT2D eigenvalue weighted by Crippen LogP contribution is -1.89. The van der Waals surface area contributed by atoms with Gasteiger partial charge in [0, 0.05) is 17.7 Å². The molecule has 0 saturated carbocycles. The fourth-order valence-corrected chi connectivity index (χ4v) is 2.35. The Morgan fingerprint density at radius 1 is 1.21 bits per heavy atom. The van der Waals surface area contributed by atoms with E-state index in [9.17, 15) is 4.79 Å². The minimum Gasteiger partial charge on any atom is -0.292 e. The maximum absolute atomic E-state index is 11.0. The molecule has 14 heavy (non-hydrogen) atoms. The average Bonchev–Trinajstić information content (AvgIpc) is 2.70. The number of thiazole rings is 2. The van der Waals surface area contributed by atoms with Crippen LogP contribution in [0, 0.1) is 6.92 Å². The molecule has 0 fully saturated rings. The summed E-state index contributed by atoms with van der Waals surface area (Å²) in [4.78, 5) is 19.5. The molecular formula is C9H8N2OS2. The van der Waals surface area contributed by atoms with Gasteiger partial charge in [0.25, 0.3) is 0 Å². The number of nitrogens with zero attached hydrogens (tertiary/aromatic N) is 2. The van der Waals surface area contributed by atoms with Crippen LogP contribution in [0.15, 0.2) is 10.8 Å². The number of aromatic nitrogens is 2. The van der Waals surface area contributed by atoms with Crippen molar-refractivity contribution in [2.45, 2.75) is 13.8 Å². The summed E-state index contributed by atoms with van der Waals surface area (Å²) in [6.07, 6.45) is 0. The van der Waals surface area contributed by atoms with Gasteiger partial charge in [0.1, 0.15) is 11.4 Å². The number of hydrogen-bond donors (Lipinski definition) is 0. The van der Waals surface area contributed by atoms with Crippen molar-refractivity contribution in [1.82, 2.24) is 9.97 Å². The van der Waals surface area contributed by atoms with Crippen LogP contribution in [0.2, 0.25) is 0 Å². The van der Waals surface area contributed by atoms with Crippen molar-refractivity contribution in [3.8, 4) is 11.4 Å². The molecule has 0 atom stereocenters. The van der Waals surface area contributed by atoms with Gasteiger partial charge in [-0.3, -0.25) is 4.79 Å². The minimum absolute atomic E-state index is 0.00759. The van der Waals surface area contributed by atoms with Crippen molar-refractivity contribution in [3.63, 3.8) is 0 Å². The van der Waals surface area contributed by atoms with E-state index in [1.165, 1.54) is 18.3 Å². The van der Waals surface area contributed by atoms with Gasteiger partial charge >= 0.3 is 0 Å². The van der Waals surface area contributed by atoms with Gasteiger partial charge in [0.2, 0.25) is 0 Å². The van der Waals surface area contributed by atoms with Crippen molar-refractivity contribution in [1.29, 1.82) is 0 Å². The fourth-order valence-electron chi connectivity index (χ4n) is 1.03. The maximum atomic E-state index is 11.0. The van der Waals surface area contributed by atoms with Crippen LogP contribution >= 0.6 is 22.7 Å². The second kappa shape index (κ2) is 3.59. The summed E-state index contributed by atoms with van der Waals surface area (Å²) in [6.45, 7) is 3.47. The van der Waals surface area contributed by atoms with Gasteiger partial charge in [0.05, 0.1) is 5.01 Å². The average molecular weight is 224 g/mol. The smallest absolute Gasteiger partial charge is 0.188 e. The van der Waals surface area contributed by atoms with Crippen molar-refractivity contribution in [2.75, 3.05) is 0 Å². The highest BCUT2D eigenvalue weighted by Gasteiger charge is 2.09. The molecule has 2 aromatic heterocycles. The Morgan fingerprint density at radius 3 is 2.36 bits per heavy atom. The molecule has 0 spiro atoms. The number of rotatable bonds is 2. The summed E-state index contributed by atoms with van der Waals surface area (Å²) in [6, 6.07) is 0. The maximum Gasteiger partial charge on any atom is 0.188 e. The van der Waals surface area contributed by atoms with Crippen LogP contribution in [0.3, 0.4) is 0 Å². The van der Waals surface area contributed by atoms with E-state index >= 15 is 0 Å². The van der Waals surface area contributed by atoms with Crippen LogP contribution in [0.4, 0.5) is 0 Å². The van der Waals surface area contributed by atoms with E-state index in [4.69, 9.17) is 0 Å². The molecule has 0 aromatic carbocycles. The molecule has 3 nitrogen and oxygen atoms in total. The topological polar surface area (TPSA) is 42.9 Å². The third-order valence-electron chi connectivity index (χ3n) is 1.69. The Balaban J connectivity index is 2.38. The molecule has 0 aliphatic heterocycles. The number of carbonyl (C=O) groups is 1. The van der Waals surface area contributed by atoms with E-state index in [1.807, 2.05) is 17.7 Å². The standard InChI is InChI=1S/C9H8N2OS2/c1-5(12)9-11-8(4-14-9)7-3-13-6(2)10-7/h3-4H,1-2H3. The summed E-state index contributed by atoms with van der Waals surface area (Å²) in [5, 5.41) is 5.38. The Labute approximate surface area is 89.5 Å². The predicted octanol–water partition coefficient (Wildman–Crippen LogP) is 2.78. The second-order valence-corrected chi connectivity index (χ2v) is 4.77. The minimum atomic E-state index is 0.00759. The largest absolute Gasteiger partial charge is 0.292 e. The Hall–Kier alpha value is -1.07. The number of Topliss-reactive ketones (excluding diaryl/α,β-unsaturated/α-hetero) is 1. The molecule has 2 heterocycles. The Kier molecular flexibility index (Phi) is 2.43. The first-order valence-corrected chi connectivity index (χ1v) is 5.81. The highest BCUT2D eigenvalue weighted by molar-refractivity contribution is 7.12. The first-order chi connectivity index (χ1) is 6.66. The molecular weight excluding hydrogens is 216 g/mol. The number of hydrogen-bond acceptors (Lipinski definition) is 5. The zero-order valence-corrected chi connectivity index (χ0v) is 9.41. The summed E-state index contributed by atoms with van der Waals surface area (Å²) >= 11 is 2.95. The highest BCUT2D eigenvalue weighted by atomic mass is 32.1. The molecule has 0 aliphatic carbocycles. The lowest BCUT2D eigenvalue weighted by Gasteiger charge is -1.86. The molecule has 0 unspecified atom stereocenters. The Morgan fingerprint density at radius 2 is 1.86 bits per heavy atom. The number of aryl methyl sites for hydroxylation is 1.